The molecule has 1 unspecified atom stereocenters. The molecule has 7 rings (SSSR count). The molecule has 4 aliphatic rings. The van der Waals surface area contributed by atoms with Crippen LogP contribution in [-0.2, 0) is 33.2 Å². The van der Waals surface area contributed by atoms with Gasteiger partial charge >= 0.3 is 5.97 Å². The summed E-state index contributed by atoms with van der Waals surface area (Å²) in [6.07, 6.45) is -23.5. The van der Waals surface area contributed by atoms with Gasteiger partial charge in [0.15, 0.2) is 35.7 Å². The zero-order valence-electron chi connectivity index (χ0n) is 33.9. The number of benzene rings is 3. The van der Waals surface area contributed by atoms with Gasteiger partial charge in [-0.25, -0.2) is 4.79 Å². The van der Waals surface area contributed by atoms with E-state index in [2.05, 4.69) is 0 Å². The van der Waals surface area contributed by atoms with Crippen molar-refractivity contribution in [3.05, 3.63) is 77.1 Å². The van der Waals surface area contributed by atoms with E-state index in [-0.39, 0.29) is 34.1 Å². The van der Waals surface area contributed by atoms with Gasteiger partial charge < -0.3 is 109 Å². The van der Waals surface area contributed by atoms with Crippen LogP contribution in [0, 0.1) is 0 Å². The van der Waals surface area contributed by atoms with Crippen molar-refractivity contribution in [2.45, 2.75) is 105 Å². The number of rotatable bonds is 12. The number of phenols is 5. The maximum atomic E-state index is 12.6. The van der Waals surface area contributed by atoms with Crippen molar-refractivity contribution in [3.63, 3.8) is 0 Å². The molecule has 0 radical (unpaired) electrons. The fourth-order valence-corrected chi connectivity index (χ4v) is 7.43. The Hall–Kier alpha value is -5.51. The minimum Gasteiger partial charge on any atom is -0.508 e. The lowest BCUT2D eigenvalue weighted by atomic mass is 9.98. The van der Waals surface area contributed by atoms with Crippen molar-refractivity contribution in [1.29, 1.82) is 0 Å². The number of ether oxygens (including phenoxy) is 8. The number of aromatic hydroxyl groups is 5. The third-order valence-electron chi connectivity index (χ3n) is 11.0. The minimum absolute atomic E-state index is 0.0203. The van der Waals surface area contributed by atoms with Crippen molar-refractivity contribution in [2.75, 3.05) is 13.2 Å². The molecule has 3 aromatic carbocycles. The molecule has 0 aliphatic carbocycles. The van der Waals surface area contributed by atoms with Crippen LogP contribution in [0.5, 0.6) is 40.2 Å². The third kappa shape index (κ3) is 10.0. The molecule has 3 aromatic rings. The predicted octanol–water partition coefficient (Wildman–Crippen LogP) is -2.20. The summed E-state index contributed by atoms with van der Waals surface area (Å²) in [5.74, 6) is -4.68. The zero-order chi connectivity index (χ0) is 47.0. The quantitative estimate of drug-likeness (QED) is 0.0521. The zero-order valence-corrected chi connectivity index (χ0v) is 33.9. The number of phenolic OH excluding ortho intramolecular Hbond substituents is 5. The van der Waals surface area contributed by atoms with E-state index >= 15 is 0 Å². The summed E-state index contributed by atoms with van der Waals surface area (Å²) in [6.45, 7) is -0.0553. The lowest BCUT2D eigenvalue weighted by Gasteiger charge is -2.43. The monoisotopic (exact) mass is 920 g/mol. The van der Waals surface area contributed by atoms with Crippen molar-refractivity contribution in [2.24, 2.45) is 0 Å². The van der Waals surface area contributed by atoms with E-state index in [0.717, 1.165) is 30.3 Å². The van der Waals surface area contributed by atoms with E-state index in [1.807, 2.05) is 0 Å². The van der Waals surface area contributed by atoms with Crippen molar-refractivity contribution in [1.82, 2.24) is 0 Å². The van der Waals surface area contributed by atoms with Crippen LogP contribution in [0.2, 0.25) is 0 Å². The number of hydrogen-bond donors (Lipinski definition) is 14. The Labute approximate surface area is 367 Å². The summed E-state index contributed by atoms with van der Waals surface area (Å²) in [6, 6.07) is 10.0. The Morgan fingerprint density at radius 2 is 1.28 bits per heavy atom. The van der Waals surface area contributed by atoms with Crippen LogP contribution in [0.1, 0.15) is 29.7 Å². The molecule has 3 fully saturated rings. The number of esters is 1. The van der Waals surface area contributed by atoms with Crippen molar-refractivity contribution >= 4 is 18.1 Å². The lowest BCUT2D eigenvalue weighted by molar-refractivity contribution is -0.325. The van der Waals surface area contributed by atoms with Gasteiger partial charge in [0.2, 0.25) is 12.6 Å². The Morgan fingerprint density at radius 1 is 0.677 bits per heavy atom. The first-order valence-electron chi connectivity index (χ1n) is 20.0. The smallest absolute Gasteiger partial charge is 0.331 e. The van der Waals surface area contributed by atoms with Crippen LogP contribution in [-0.4, -0.2) is 183 Å². The van der Waals surface area contributed by atoms with E-state index in [0.29, 0.717) is 5.56 Å². The van der Waals surface area contributed by atoms with Gasteiger partial charge in [0.1, 0.15) is 89.8 Å². The first kappa shape index (κ1) is 47.5. The second kappa shape index (κ2) is 19.5. The number of carbonyl (C=O) groups excluding carboxylic acids is 1. The second-order valence-corrected chi connectivity index (χ2v) is 15.6. The Bertz CT molecular complexity index is 2190. The molecule has 0 spiro atoms. The number of hydrogen-bond acceptors (Lipinski definition) is 23. The standard InChI is InChI=1S/C42H48O23/c1-15-38(65-28(48)7-4-16-2-5-18(44)6-3-16)34(54)37(57)40(59-15)58-14-27-31(51)33(53)36(56)42(64-27)62-25-12-20-23(60-39(25)17-8-21(46)29(49)22(47)9-17)10-19(45)11-24(20)61-41-35(55)32(52)30(50)26(13-43)63-41/h2-12,15,26-27,30-47,49-57H,13-14H2,1H3/b7-4+/t15-,26+,27-,30+,31+,32-,33-,34+,35-,36+,37+,38-,39?,40+,41+,42+/m0/s1. The summed E-state index contributed by atoms with van der Waals surface area (Å²) in [5.41, 5.74) is 0.382. The molecule has 65 heavy (non-hydrogen) atoms. The van der Waals surface area contributed by atoms with Gasteiger partial charge in [0, 0.05) is 23.8 Å². The Morgan fingerprint density at radius 3 is 1.92 bits per heavy atom. The number of fused-ring (bicyclic) bond motifs is 1. The maximum absolute atomic E-state index is 12.6. The molecule has 0 bridgehead atoms. The summed E-state index contributed by atoms with van der Waals surface area (Å²) in [7, 11) is 0. The van der Waals surface area contributed by atoms with Gasteiger partial charge in [-0.2, -0.15) is 0 Å². The SMILES string of the molecule is C[C@@H]1O[C@@H](OC[C@@H]2O[C@@H](OC3=Cc4c(cc(O)cc4O[C@@H]4O[C@H](CO)[C@@H](O)[C@H](O)[C@@H]4O)OC3c3cc(O)c(O)c(O)c3)[C@H](O)[C@@H](O)[C@@H]2O)[C@H](O)[C@@H](O)[C@H]1OC(=O)/C=C/c1ccc(O)cc1. The number of aliphatic hydroxyl groups is 9. The summed E-state index contributed by atoms with van der Waals surface area (Å²) in [5, 5.41) is 147. The van der Waals surface area contributed by atoms with Crippen molar-refractivity contribution in [3.8, 4) is 40.2 Å². The molecule has 354 valence electrons. The minimum atomic E-state index is -2.02. The average Bonchev–Trinajstić information content (AvgIpc) is 3.27. The van der Waals surface area contributed by atoms with E-state index in [4.69, 9.17) is 37.9 Å². The number of aliphatic hydroxyl groups excluding tert-OH is 9. The highest BCUT2D eigenvalue weighted by Crippen LogP contribution is 2.48. The van der Waals surface area contributed by atoms with E-state index in [1.165, 1.54) is 43.3 Å². The molecule has 4 heterocycles. The fourth-order valence-electron chi connectivity index (χ4n) is 7.43. The van der Waals surface area contributed by atoms with Gasteiger partial charge in [0.05, 0.1) is 24.9 Å². The van der Waals surface area contributed by atoms with Crippen LogP contribution in [0.3, 0.4) is 0 Å². The molecular weight excluding hydrogens is 872 g/mol. The highest BCUT2D eigenvalue weighted by Gasteiger charge is 2.50. The molecule has 14 N–H and O–H groups in total. The van der Waals surface area contributed by atoms with E-state index in [1.54, 1.807) is 0 Å². The third-order valence-corrected chi connectivity index (χ3v) is 11.0. The molecule has 23 heteroatoms. The molecule has 23 nitrogen and oxygen atoms in total. The first-order chi connectivity index (χ1) is 30.8. The van der Waals surface area contributed by atoms with Crippen LogP contribution in [0.15, 0.2) is 60.4 Å². The maximum Gasteiger partial charge on any atom is 0.331 e. The first-order valence-corrected chi connectivity index (χ1v) is 20.0. The lowest BCUT2D eigenvalue weighted by Crippen LogP contribution is -2.61. The van der Waals surface area contributed by atoms with E-state index in [9.17, 15) is 76.3 Å². The molecule has 0 aromatic heterocycles. The molecule has 16 atom stereocenters. The summed E-state index contributed by atoms with van der Waals surface area (Å²) >= 11 is 0. The molecule has 0 amide bonds. The molecule has 4 aliphatic heterocycles. The van der Waals surface area contributed by atoms with Crippen LogP contribution >= 0.6 is 0 Å². The molecule has 0 saturated carbocycles. The Balaban J connectivity index is 1.10. The topological polar surface area (TPSA) is 374 Å². The Kier molecular flexibility index (Phi) is 14.3. The highest BCUT2D eigenvalue weighted by atomic mass is 16.7. The number of carbonyl (C=O) groups is 1. The van der Waals surface area contributed by atoms with Gasteiger partial charge in [-0.15, -0.1) is 0 Å². The largest absolute Gasteiger partial charge is 0.508 e. The summed E-state index contributed by atoms with van der Waals surface area (Å²) < 4.78 is 46.0. The predicted molar refractivity (Wildman–Crippen MR) is 212 cm³/mol. The average molecular weight is 921 g/mol. The van der Waals surface area contributed by atoms with Gasteiger partial charge in [-0.3, -0.25) is 0 Å². The van der Waals surface area contributed by atoms with Crippen LogP contribution in [0.25, 0.3) is 12.2 Å². The summed E-state index contributed by atoms with van der Waals surface area (Å²) in [4.78, 5) is 12.6. The second-order valence-electron chi connectivity index (χ2n) is 15.6. The van der Waals surface area contributed by atoms with E-state index < -0.39 is 140 Å². The van der Waals surface area contributed by atoms with Crippen molar-refractivity contribution < 1.29 is 114 Å². The van der Waals surface area contributed by atoms with Gasteiger partial charge in [-0.05, 0) is 48.9 Å². The molecule has 3 saturated heterocycles. The highest BCUT2D eigenvalue weighted by molar-refractivity contribution is 5.87. The van der Waals surface area contributed by atoms with Gasteiger partial charge in [-0.1, -0.05) is 12.1 Å². The van der Waals surface area contributed by atoms with Gasteiger partial charge in [0.25, 0.3) is 0 Å². The molecular formula is C42H48O23. The fraction of sp³-hybridized carbons (Fsp3) is 0.452. The normalized spacial score (nSPS) is 34.8. The van der Waals surface area contributed by atoms with Crippen LogP contribution in [0.4, 0.5) is 0 Å². The van der Waals surface area contributed by atoms with Crippen LogP contribution < -0.4 is 9.47 Å².